The molecule has 0 amide bonds. The molecule has 2 rings (SSSR count). The zero-order valence-corrected chi connectivity index (χ0v) is 13.3. The van der Waals surface area contributed by atoms with E-state index in [-0.39, 0.29) is 0 Å². The van der Waals surface area contributed by atoms with Gasteiger partial charge in [-0.2, -0.15) is 0 Å². The van der Waals surface area contributed by atoms with Gasteiger partial charge in [-0.15, -0.1) is 0 Å². The predicted octanol–water partition coefficient (Wildman–Crippen LogP) is 3.89. The van der Waals surface area contributed by atoms with Crippen LogP contribution in [0, 0.1) is 6.92 Å². The van der Waals surface area contributed by atoms with Crippen LogP contribution >= 0.6 is 0 Å². The zero-order chi connectivity index (χ0) is 15.4. The average Bonchev–Trinajstić information content (AvgIpc) is 2.45. The number of nitrogens with zero attached hydrogens (tertiary/aromatic N) is 1. The van der Waals surface area contributed by atoms with Crippen LogP contribution in [-0.2, 0) is 6.42 Å². The van der Waals surface area contributed by atoms with E-state index in [4.69, 9.17) is 0 Å². The summed E-state index contributed by atoms with van der Waals surface area (Å²) in [5, 5.41) is 3.29. The zero-order valence-electron chi connectivity index (χ0n) is 13.3. The molecule has 0 aliphatic carbocycles. The van der Waals surface area contributed by atoms with Crippen LogP contribution < -0.4 is 5.32 Å². The van der Waals surface area contributed by atoms with Crippen LogP contribution in [-0.4, -0.2) is 24.5 Å². The van der Waals surface area contributed by atoms with Gasteiger partial charge in [-0.05, 0) is 44.4 Å². The van der Waals surface area contributed by atoms with Gasteiger partial charge in [0.25, 0.3) is 0 Å². The maximum atomic E-state index is 4.14. The van der Waals surface area contributed by atoms with Crippen LogP contribution in [0.15, 0.2) is 49.3 Å². The Morgan fingerprint density at radius 3 is 2.81 bits per heavy atom. The molecule has 1 unspecified atom stereocenters. The number of likely N-dealkylation sites (N-methyl/N-ethyl adjacent to an activating group) is 1. The van der Waals surface area contributed by atoms with Crippen LogP contribution in [0.25, 0.3) is 6.08 Å². The summed E-state index contributed by atoms with van der Waals surface area (Å²) in [6.07, 6.45) is 5.11. The molecule has 1 aliphatic heterocycles. The third kappa shape index (κ3) is 3.85. The van der Waals surface area contributed by atoms with Gasteiger partial charge in [0.05, 0.1) is 0 Å². The van der Waals surface area contributed by atoms with Crippen molar-refractivity contribution in [2.45, 2.75) is 32.2 Å². The molecule has 0 saturated carbocycles. The van der Waals surface area contributed by atoms with E-state index in [1.54, 1.807) is 0 Å². The quantitative estimate of drug-likeness (QED) is 0.881. The molecule has 1 aromatic carbocycles. The normalized spacial score (nSPS) is 18.7. The Bertz CT molecular complexity index is 557. The maximum absolute atomic E-state index is 4.14. The highest BCUT2D eigenvalue weighted by Gasteiger charge is 2.22. The van der Waals surface area contributed by atoms with Gasteiger partial charge < -0.3 is 5.32 Å². The lowest BCUT2D eigenvalue weighted by Crippen LogP contribution is -2.41. The minimum Gasteiger partial charge on any atom is -0.362 e. The minimum atomic E-state index is 0.396. The van der Waals surface area contributed by atoms with Crippen molar-refractivity contribution >= 4 is 6.08 Å². The van der Waals surface area contributed by atoms with Crippen LogP contribution in [0.4, 0.5) is 0 Å². The van der Waals surface area contributed by atoms with Crippen molar-refractivity contribution < 1.29 is 0 Å². The predicted molar refractivity (Wildman–Crippen MR) is 92.0 cm³/mol. The van der Waals surface area contributed by atoms with Crippen molar-refractivity contribution in [3.63, 3.8) is 0 Å². The summed E-state index contributed by atoms with van der Waals surface area (Å²) in [6, 6.07) is 6.99. The van der Waals surface area contributed by atoms with Crippen molar-refractivity contribution in [2.75, 3.05) is 13.6 Å². The van der Waals surface area contributed by atoms with E-state index in [1.165, 1.54) is 16.7 Å². The molecule has 0 spiro atoms. The molecule has 0 bridgehead atoms. The second-order valence-corrected chi connectivity index (χ2v) is 5.95. The molecule has 0 aromatic heterocycles. The molecular weight excluding hydrogens is 256 g/mol. The van der Waals surface area contributed by atoms with Crippen LogP contribution in [0.5, 0.6) is 0 Å². The summed E-state index contributed by atoms with van der Waals surface area (Å²) >= 11 is 0. The lowest BCUT2D eigenvalue weighted by Gasteiger charge is -2.34. The van der Waals surface area contributed by atoms with Gasteiger partial charge in [0.1, 0.15) is 0 Å². The van der Waals surface area contributed by atoms with E-state index in [0.29, 0.717) is 6.04 Å². The summed E-state index contributed by atoms with van der Waals surface area (Å²) in [7, 11) is 2.17. The summed E-state index contributed by atoms with van der Waals surface area (Å²) in [6.45, 7) is 15.2. The molecule has 1 fully saturated rings. The van der Waals surface area contributed by atoms with E-state index in [9.17, 15) is 0 Å². The average molecular weight is 282 g/mol. The number of nitrogens with one attached hydrogen (secondary N) is 1. The summed E-state index contributed by atoms with van der Waals surface area (Å²) in [5.74, 6) is 0. The van der Waals surface area contributed by atoms with E-state index < -0.39 is 0 Å². The number of benzene rings is 1. The van der Waals surface area contributed by atoms with Crippen molar-refractivity contribution in [1.29, 1.82) is 0 Å². The highest BCUT2D eigenvalue weighted by atomic mass is 15.2. The number of aryl methyl sites for hydroxylation is 1. The van der Waals surface area contributed by atoms with E-state index in [0.717, 1.165) is 37.2 Å². The Kier molecular flexibility index (Phi) is 5.03. The van der Waals surface area contributed by atoms with Gasteiger partial charge in [0, 0.05) is 24.0 Å². The Labute approximate surface area is 128 Å². The summed E-state index contributed by atoms with van der Waals surface area (Å²) in [4.78, 5) is 2.38. The Hall–Kier alpha value is -1.80. The first-order valence-electron chi connectivity index (χ1n) is 7.57. The molecule has 1 aromatic rings. The second-order valence-electron chi connectivity index (χ2n) is 5.95. The first-order chi connectivity index (χ1) is 10.0. The van der Waals surface area contributed by atoms with E-state index in [2.05, 4.69) is 62.1 Å². The Balaban J connectivity index is 1.98. The lowest BCUT2D eigenvalue weighted by atomic mass is 9.99. The number of allylic oxidation sites excluding steroid dienone is 1. The monoisotopic (exact) mass is 282 g/mol. The molecule has 1 atom stereocenters. The molecule has 0 radical (unpaired) electrons. The molecule has 1 saturated heterocycles. The van der Waals surface area contributed by atoms with Crippen molar-refractivity contribution in [3.05, 3.63) is 66.0 Å². The lowest BCUT2D eigenvalue weighted by molar-refractivity contribution is 0.246. The highest BCUT2D eigenvalue weighted by molar-refractivity contribution is 5.53. The van der Waals surface area contributed by atoms with E-state index in [1.807, 2.05) is 6.08 Å². The van der Waals surface area contributed by atoms with Gasteiger partial charge in [0.15, 0.2) is 0 Å². The number of piperidine rings is 1. The van der Waals surface area contributed by atoms with Crippen molar-refractivity contribution in [3.8, 4) is 0 Å². The van der Waals surface area contributed by atoms with Gasteiger partial charge in [-0.3, -0.25) is 4.90 Å². The van der Waals surface area contributed by atoms with Crippen molar-refractivity contribution in [1.82, 2.24) is 10.2 Å². The largest absolute Gasteiger partial charge is 0.362 e. The Morgan fingerprint density at radius 1 is 1.38 bits per heavy atom. The standard InChI is InChI=1S/C19H26N2/c1-6-17-13-14(2)7-9-18(17)11-12-21(5)19-10-8-15(3)20-16(19)4/h6-7,9,13,19-20H,1,3-4,8,10-12H2,2,5H3. The fourth-order valence-electron chi connectivity index (χ4n) is 2.93. The van der Waals surface area contributed by atoms with Crippen LogP contribution in [0.1, 0.15) is 29.5 Å². The fraction of sp³-hybridized carbons (Fsp3) is 0.368. The second kappa shape index (κ2) is 6.77. The van der Waals surface area contributed by atoms with Crippen LogP contribution in [0.2, 0.25) is 0 Å². The van der Waals surface area contributed by atoms with Gasteiger partial charge in [-0.25, -0.2) is 0 Å². The minimum absolute atomic E-state index is 0.396. The third-order valence-corrected chi connectivity index (χ3v) is 4.25. The number of rotatable bonds is 5. The fourth-order valence-corrected chi connectivity index (χ4v) is 2.93. The Morgan fingerprint density at radius 2 is 2.14 bits per heavy atom. The van der Waals surface area contributed by atoms with Gasteiger partial charge >= 0.3 is 0 Å². The van der Waals surface area contributed by atoms with Crippen molar-refractivity contribution in [2.24, 2.45) is 0 Å². The SMILES string of the molecule is C=Cc1cc(C)ccc1CCN(C)C1CCC(=C)NC1=C. The molecule has 1 N–H and O–H groups in total. The first-order valence-corrected chi connectivity index (χ1v) is 7.57. The molecule has 2 nitrogen and oxygen atoms in total. The molecule has 112 valence electrons. The van der Waals surface area contributed by atoms with Gasteiger partial charge in [0.2, 0.25) is 0 Å². The molecule has 21 heavy (non-hydrogen) atoms. The number of hydrogen-bond acceptors (Lipinski definition) is 2. The smallest absolute Gasteiger partial charge is 0.0493 e. The molecule has 1 aliphatic rings. The third-order valence-electron chi connectivity index (χ3n) is 4.25. The summed E-state index contributed by atoms with van der Waals surface area (Å²) in [5.41, 5.74) is 6.04. The number of hydrogen-bond donors (Lipinski definition) is 1. The van der Waals surface area contributed by atoms with Crippen LogP contribution in [0.3, 0.4) is 0 Å². The topological polar surface area (TPSA) is 15.3 Å². The van der Waals surface area contributed by atoms with E-state index >= 15 is 0 Å². The first kappa shape index (κ1) is 15.6. The maximum Gasteiger partial charge on any atom is 0.0493 e. The molecule has 2 heteroatoms. The highest BCUT2D eigenvalue weighted by Crippen LogP contribution is 2.21. The molecular formula is C19H26N2. The molecule has 1 heterocycles. The van der Waals surface area contributed by atoms with Gasteiger partial charge in [-0.1, -0.05) is 49.6 Å². The summed E-state index contributed by atoms with van der Waals surface area (Å²) < 4.78 is 0.